The molecule has 0 aliphatic heterocycles. The maximum atomic E-state index is 9.47. The van der Waals surface area contributed by atoms with Gasteiger partial charge in [-0.15, -0.1) is 0 Å². The molecule has 1 heterocycles. The molecule has 0 aliphatic rings. The number of para-hydroxylation sites is 1. The number of nitrogens with one attached hydrogen (secondary N) is 1. The number of aromatic nitrogens is 2. The number of hydrogen-bond donors (Lipinski definition) is 2. The lowest BCUT2D eigenvalue weighted by Crippen LogP contribution is -2.09. The summed E-state index contributed by atoms with van der Waals surface area (Å²) in [5, 5.41) is 9.47. The van der Waals surface area contributed by atoms with E-state index in [1.54, 1.807) is 11.9 Å². The van der Waals surface area contributed by atoms with Crippen LogP contribution >= 0.6 is 11.9 Å². The number of hydrogen-bond acceptors (Lipinski definition) is 5. The topological polar surface area (TPSA) is 79.7 Å². The molecule has 0 atom stereocenters. The first-order chi connectivity index (χ1) is 11.2. The first kappa shape index (κ1) is 17.4. The van der Waals surface area contributed by atoms with E-state index in [0.717, 1.165) is 49.4 Å². The fourth-order valence-electron chi connectivity index (χ4n) is 2.64. The maximum Gasteiger partial charge on any atom is 0.166 e. The largest absolute Gasteiger partial charge is 0.398 e. The van der Waals surface area contributed by atoms with Gasteiger partial charge in [0.1, 0.15) is 11.9 Å². The number of rotatable bonds is 8. The molecular formula is C17H23N5S. The van der Waals surface area contributed by atoms with Crippen LogP contribution in [0.5, 0.6) is 0 Å². The molecule has 0 saturated heterocycles. The van der Waals surface area contributed by atoms with E-state index >= 15 is 0 Å². The van der Waals surface area contributed by atoms with Crippen LogP contribution in [0.25, 0.3) is 11.3 Å². The zero-order valence-corrected chi connectivity index (χ0v) is 14.5. The Hall–Kier alpha value is -1.97. The molecule has 3 N–H and O–H groups in total. The van der Waals surface area contributed by atoms with Gasteiger partial charge in [-0.25, -0.2) is 4.98 Å². The second-order valence-electron chi connectivity index (χ2n) is 5.24. The van der Waals surface area contributed by atoms with Gasteiger partial charge in [-0.2, -0.15) is 5.26 Å². The number of aryl methyl sites for hydroxylation is 1. The molecule has 122 valence electrons. The number of nitrogens with zero attached hydrogens (tertiary/aromatic N) is 3. The van der Waals surface area contributed by atoms with E-state index in [-0.39, 0.29) is 0 Å². The number of benzene rings is 1. The lowest BCUT2D eigenvalue weighted by atomic mass is 10.1. The molecule has 0 bridgehead atoms. The summed E-state index contributed by atoms with van der Waals surface area (Å²) in [7, 11) is 0. The summed E-state index contributed by atoms with van der Waals surface area (Å²) in [6.07, 6.45) is 4.93. The number of unbranched alkanes of at least 4 members (excludes halogenated alkanes) is 1. The Morgan fingerprint density at radius 3 is 2.78 bits per heavy atom. The number of nitrogen functional groups attached to an aromatic ring is 1. The van der Waals surface area contributed by atoms with Crippen molar-refractivity contribution in [3.63, 3.8) is 0 Å². The molecule has 0 unspecified atom stereocenters. The van der Waals surface area contributed by atoms with E-state index in [9.17, 15) is 5.26 Å². The van der Waals surface area contributed by atoms with Gasteiger partial charge in [-0.1, -0.05) is 37.1 Å². The molecule has 23 heavy (non-hydrogen) atoms. The highest BCUT2D eigenvalue weighted by atomic mass is 32.2. The Balaban J connectivity index is 2.34. The van der Waals surface area contributed by atoms with Crippen LogP contribution in [-0.2, 0) is 13.0 Å². The molecular weight excluding hydrogens is 306 g/mol. The smallest absolute Gasteiger partial charge is 0.166 e. The summed E-state index contributed by atoms with van der Waals surface area (Å²) >= 11 is 1.64. The number of nitriles is 1. The monoisotopic (exact) mass is 329 g/mol. The Kier molecular flexibility index (Phi) is 6.51. The summed E-state index contributed by atoms with van der Waals surface area (Å²) in [6, 6.07) is 9.89. The highest BCUT2D eigenvalue weighted by Crippen LogP contribution is 2.30. The van der Waals surface area contributed by atoms with Gasteiger partial charge in [0, 0.05) is 30.8 Å². The highest BCUT2D eigenvalue weighted by Gasteiger charge is 2.18. The third kappa shape index (κ3) is 4.06. The minimum Gasteiger partial charge on any atom is -0.398 e. The summed E-state index contributed by atoms with van der Waals surface area (Å²) in [4.78, 5) is 4.51. The standard InChI is InChI=1S/C17H23N5S/c1-3-16-21-15(12-18)17(13-8-4-5-9-14(13)19)22(16)11-7-6-10-20-23-2/h4-5,8-9,20H,3,6-7,10-11,19H2,1-2H3. The van der Waals surface area contributed by atoms with Crippen molar-refractivity contribution >= 4 is 17.6 Å². The van der Waals surface area contributed by atoms with Crippen molar-refractivity contribution in [2.45, 2.75) is 32.7 Å². The molecule has 0 fully saturated rings. The molecule has 5 nitrogen and oxygen atoms in total. The van der Waals surface area contributed by atoms with Crippen molar-refractivity contribution in [3.8, 4) is 17.3 Å². The predicted molar refractivity (Wildman–Crippen MR) is 96.9 cm³/mol. The van der Waals surface area contributed by atoms with Crippen LogP contribution in [0.3, 0.4) is 0 Å². The molecule has 1 aromatic carbocycles. The molecule has 2 aromatic rings. The van der Waals surface area contributed by atoms with Gasteiger partial charge in [0.25, 0.3) is 0 Å². The molecule has 6 heteroatoms. The van der Waals surface area contributed by atoms with Gasteiger partial charge in [0.2, 0.25) is 0 Å². The van der Waals surface area contributed by atoms with Crippen LogP contribution in [0.15, 0.2) is 24.3 Å². The first-order valence-corrected chi connectivity index (χ1v) is 9.05. The van der Waals surface area contributed by atoms with Crippen LogP contribution in [-0.4, -0.2) is 22.4 Å². The van der Waals surface area contributed by atoms with Crippen molar-refractivity contribution in [1.82, 2.24) is 14.3 Å². The second-order valence-corrected chi connectivity index (χ2v) is 5.93. The maximum absolute atomic E-state index is 9.47. The van der Waals surface area contributed by atoms with E-state index in [0.29, 0.717) is 11.4 Å². The van der Waals surface area contributed by atoms with Gasteiger partial charge in [0.05, 0.1) is 5.69 Å². The molecule has 0 aliphatic carbocycles. The Morgan fingerprint density at radius 2 is 2.13 bits per heavy atom. The first-order valence-electron chi connectivity index (χ1n) is 7.83. The second kappa shape index (κ2) is 8.61. The van der Waals surface area contributed by atoms with Gasteiger partial charge in [-0.3, -0.25) is 4.72 Å². The van der Waals surface area contributed by atoms with Crippen LogP contribution in [0.1, 0.15) is 31.3 Å². The Morgan fingerprint density at radius 1 is 1.35 bits per heavy atom. The number of imidazole rings is 1. The van der Waals surface area contributed by atoms with Crippen LogP contribution < -0.4 is 10.5 Å². The fourth-order valence-corrected chi connectivity index (χ4v) is 2.99. The molecule has 0 spiro atoms. The average molecular weight is 329 g/mol. The van der Waals surface area contributed by atoms with Crippen LogP contribution in [0, 0.1) is 11.3 Å². The zero-order chi connectivity index (χ0) is 16.7. The minimum atomic E-state index is 0.460. The van der Waals surface area contributed by atoms with Crippen LogP contribution in [0.4, 0.5) is 5.69 Å². The van der Waals surface area contributed by atoms with E-state index < -0.39 is 0 Å². The van der Waals surface area contributed by atoms with Crippen molar-refractivity contribution in [2.75, 3.05) is 18.5 Å². The van der Waals surface area contributed by atoms with Crippen molar-refractivity contribution in [3.05, 3.63) is 35.8 Å². The number of anilines is 1. The van der Waals surface area contributed by atoms with Gasteiger partial charge < -0.3 is 10.3 Å². The molecule has 0 amide bonds. The van der Waals surface area contributed by atoms with Crippen molar-refractivity contribution in [1.29, 1.82) is 5.26 Å². The van der Waals surface area contributed by atoms with Gasteiger partial charge in [-0.05, 0) is 25.2 Å². The van der Waals surface area contributed by atoms with E-state index in [4.69, 9.17) is 5.73 Å². The van der Waals surface area contributed by atoms with E-state index in [1.165, 1.54) is 0 Å². The average Bonchev–Trinajstić information content (AvgIpc) is 2.92. The summed E-state index contributed by atoms with van der Waals surface area (Å²) in [5.41, 5.74) is 9.00. The highest BCUT2D eigenvalue weighted by molar-refractivity contribution is 7.96. The fraction of sp³-hybridized carbons (Fsp3) is 0.412. The third-order valence-electron chi connectivity index (χ3n) is 3.74. The normalized spacial score (nSPS) is 10.7. The molecule has 0 saturated carbocycles. The van der Waals surface area contributed by atoms with Crippen molar-refractivity contribution in [2.24, 2.45) is 0 Å². The predicted octanol–water partition coefficient (Wildman–Crippen LogP) is 3.21. The zero-order valence-electron chi connectivity index (χ0n) is 13.7. The van der Waals surface area contributed by atoms with E-state index in [2.05, 4.69) is 27.3 Å². The van der Waals surface area contributed by atoms with Gasteiger partial charge >= 0.3 is 0 Å². The van der Waals surface area contributed by atoms with Gasteiger partial charge in [0.15, 0.2) is 5.69 Å². The van der Waals surface area contributed by atoms with Crippen molar-refractivity contribution < 1.29 is 0 Å². The summed E-state index contributed by atoms with van der Waals surface area (Å²) in [6.45, 7) is 3.89. The lowest BCUT2D eigenvalue weighted by molar-refractivity contribution is 0.591. The minimum absolute atomic E-state index is 0.460. The quantitative estimate of drug-likeness (QED) is 0.441. The lowest BCUT2D eigenvalue weighted by Gasteiger charge is -2.13. The van der Waals surface area contributed by atoms with Crippen LogP contribution in [0.2, 0.25) is 0 Å². The molecule has 1 aromatic heterocycles. The molecule has 2 rings (SSSR count). The third-order valence-corrected chi connectivity index (χ3v) is 4.23. The Bertz CT molecular complexity index is 687. The summed E-state index contributed by atoms with van der Waals surface area (Å²) < 4.78 is 5.41. The number of nitrogens with two attached hydrogens (primary N) is 1. The van der Waals surface area contributed by atoms with E-state index in [1.807, 2.05) is 30.5 Å². The summed E-state index contributed by atoms with van der Waals surface area (Å²) in [5.74, 6) is 0.942. The Labute approximate surface area is 142 Å². The molecule has 0 radical (unpaired) electrons. The SMILES string of the molecule is CCc1nc(C#N)c(-c2ccccc2N)n1CCCCNSC.